The van der Waals surface area contributed by atoms with Crippen LogP contribution in [0, 0.1) is 17.8 Å². The second-order valence-electron chi connectivity index (χ2n) is 4.78. The topological polar surface area (TPSA) is 32.3 Å². The Kier molecular flexibility index (Phi) is 5.23. The molecule has 2 rings (SSSR count). The highest BCUT2D eigenvalue weighted by molar-refractivity contribution is 5.46. The molecule has 0 saturated carbocycles. The molecule has 0 bridgehead atoms. The summed E-state index contributed by atoms with van der Waals surface area (Å²) in [7, 11) is 0. The van der Waals surface area contributed by atoms with E-state index in [1.54, 1.807) is 0 Å². The van der Waals surface area contributed by atoms with Crippen molar-refractivity contribution >= 4 is 5.69 Å². The number of rotatable bonds is 4. The predicted molar refractivity (Wildman–Crippen MR) is 83.4 cm³/mol. The standard InChI is InChI=1S/C18H19NO/c1-15(14-20)18(19-17-10-6-3-7-11-17)13-12-16-8-4-2-5-9-16/h2-11,15,18-20H,14H2,1H3/t15-,18?/m1/s1. The number of anilines is 1. The van der Waals surface area contributed by atoms with Crippen LogP contribution in [0.3, 0.4) is 0 Å². The minimum atomic E-state index is -0.0809. The molecule has 20 heavy (non-hydrogen) atoms. The van der Waals surface area contributed by atoms with Crippen molar-refractivity contribution in [3.63, 3.8) is 0 Å². The van der Waals surface area contributed by atoms with Gasteiger partial charge in [-0.25, -0.2) is 0 Å². The lowest BCUT2D eigenvalue weighted by Gasteiger charge is -2.19. The Morgan fingerprint density at radius 2 is 1.60 bits per heavy atom. The first-order valence-corrected chi connectivity index (χ1v) is 6.78. The summed E-state index contributed by atoms with van der Waals surface area (Å²) in [5.74, 6) is 6.43. The number of hydrogen-bond acceptors (Lipinski definition) is 2. The Balaban J connectivity index is 2.15. The molecule has 2 N–H and O–H groups in total. The lowest BCUT2D eigenvalue weighted by atomic mass is 10.0. The van der Waals surface area contributed by atoms with Crippen molar-refractivity contribution in [1.82, 2.24) is 0 Å². The van der Waals surface area contributed by atoms with Crippen molar-refractivity contribution in [1.29, 1.82) is 0 Å². The zero-order chi connectivity index (χ0) is 14.2. The van der Waals surface area contributed by atoms with E-state index in [0.717, 1.165) is 11.3 Å². The van der Waals surface area contributed by atoms with Gasteiger partial charge in [-0.3, -0.25) is 0 Å². The first-order chi connectivity index (χ1) is 9.79. The van der Waals surface area contributed by atoms with E-state index in [1.165, 1.54) is 0 Å². The monoisotopic (exact) mass is 265 g/mol. The molecule has 102 valence electrons. The summed E-state index contributed by atoms with van der Waals surface area (Å²) in [6.07, 6.45) is 0. The van der Waals surface area contributed by atoms with Crippen LogP contribution in [0.4, 0.5) is 5.69 Å². The Morgan fingerprint density at radius 3 is 2.20 bits per heavy atom. The van der Waals surface area contributed by atoms with Gasteiger partial charge >= 0.3 is 0 Å². The van der Waals surface area contributed by atoms with Crippen molar-refractivity contribution in [2.45, 2.75) is 13.0 Å². The molecular formula is C18H19NO. The first kappa shape index (κ1) is 14.2. The van der Waals surface area contributed by atoms with Gasteiger partial charge in [-0.2, -0.15) is 0 Å². The van der Waals surface area contributed by atoms with Gasteiger partial charge in [-0.05, 0) is 24.3 Å². The second kappa shape index (κ2) is 7.37. The fraction of sp³-hybridized carbons (Fsp3) is 0.222. The molecular weight excluding hydrogens is 246 g/mol. The largest absolute Gasteiger partial charge is 0.396 e. The SMILES string of the molecule is C[C@H](CO)C(C#Cc1ccccc1)Nc1ccccc1. The molecule has 0 radical (unpaired) electrons. The quantitative estimate of drug-likeness (QED) is 0.832. The average Bonchev–Trinajstić information content (AvgIpc) is 2.52. The number of benzene rings is 2. The van der Waals surface area contributed by atoms with Crippen LogP contribution in [0.1, 0.15) is 12.5 Å². The third-order valence-electron chi connectivity index (χ3n) is 3.10. The highest BCUT2D eigenvalue weighted by Crippen LogP contribution is 2.12. The highest BCUT2D eigenvalue weighted by Gasteiger charge is 2.13. The molecule has 0 spiro atoms. The van der Waals surface area contributed by atoms with Gasteiger partial charge in [0, 0.05) is 23.8 Å². The number of aliphatic hydroxyl groups excluding tert-OH is 1. The molecule has 0 fully saturated rings. The predicted octanol–water partition coefficient (Wildman–Crippen LogP) is 3.15. The molecule has 0 aliphatic heterocycles. The van der Waals surface area contributed by atoms with Gasteiger partial charge in [-0.15, -0.1) is 0 Å². The summed E-state index contributed by atoms with van der Waals surface area (Å²) in [4.78, 5) is 0. The Labute approximate surface area is 120 Å². The van der Waals surface area contributed by atoms with Gasteiger partial charge in [0.05, 0.1) is 6.04 Å². The van der Waals surface area contributed by atoms with Crippen LogP contribution in [0.2, 0.25) is 0 Å². The van der Waals surface area contributed by atoms with E-state index >= 15 is 0 Å². The third kappa shape index (κ3) is 4.15. The van der Waals surface area contributed by atoms with Gasteiger partial charge in [0.2, 0.25) is 0 Å². The Morgan fingerprint density at radius 1 is 1.00 bits per heavy atom. The number of nitrogens with one attached hydrogen (secondary N) is 1. The van der Waals surface area contributed by atoms with Crippen molar-refractivity contribution < 1.29 is 5.11 Å². The smallest absolute Gasteiger partial charge is 0.0928 e. The van der Waals surface area contributed by atoms with Gasteiger partial charge in [0.15, 0.2) is 0 Å². The summed E-state index contributed by atoms with van der Waals surface area (Å²) >= 11 is 0. The molecule has 0 heterocycles. The van der Waals surface area contributed by atoms with Crippen molar-refractivity contribution in [2.75, 3.05) is 11.9 Å². The van der Waals surface area contributed by atoms with E-state index in [9.17, 15) is 5.11 Å². The lowest BCUT2D eigenvalue weighted by Crippen LogP contribution is -2.28. The molecule has 0 aliphatic carbocycles. The minimum Gasteiger partial charge on any atom is -0.396 e. The maximum absolute atomic E-state index is 9.37. The summed E-state index contributed by atoms with van der Waals surface area (Å²) < 4.78 is 0. The van der Waals surface area contributed by atoms with E-state index in [0.29, 0.717) is 0 Å². The molecule has 2 aromatic rings. The molecule has 0 aromatic heterocycles. The first-order valence-electron chi connectivity index (χ1n) is 6.78. The van der Waals surface area contributed by atoms with Crippen molar-refractivity contribution in [2.24, 2.45) is 5.92 Å². The minimum absolute atomic E-state index is 0.0615. The molecule has 2 nitrogen and oxygen atoms in total. The summed E-state index contributed by atoms with van der Waals surface area (Å²) in [5.41, 5.74) is 2.00. The Bertz CT molecular complexity index is 569. The third-order valence-corrected chi connectivity index (χ3v) is 3.10. The van der Waals surface area contributed by atoms with E-state index in [4.69, 9.17) is 0 Å². The fourth-order valence-corrected chi connectivity index (χ4v) is 1.82. The molecule has 0 saturated heterocycles. The van der Waals surface area contributed by atoms with Gasteiger partial charge in [0.1, 0.15) is 0 Å². The molecule has 2 heteroatoms. The van der Waals surface area contributed by atoms with Gasteiger partial charge in [-0.1, -0.05) is 55.2 Å². The van der Waals surface area contributed by atoms with Crippen LogP contribution in [0.5, 0.6) is 0 Å². The molecule has 0 aliphatic rings. The second-order valence-corrected chi connectivity index (χ2v) is 4.78. The normalized spacial score (nSPS) is 12.9. The van der Waals surface area contributed by atoms with Gasteiger partial charge in [0.25, 0.3) is 0 Å². The maximum Gasteiger partial charge on any atom is 0.0928 e. The van der Waals surface area contributed by atoms with E-state index in [1.807, 2.05) is 67.6 Å². The van der Waals surface area contributed by atoms with E-state index in [2.05, 4.69) is 17.2 Å². The summed E-state index contributed by atoms with van der Waals surface area (Å²) in [6.45, 7) is 2.09. The Hall–Kier alpha value is -2.24. The van der Waals surface area contributed by atoms with Crippen LogP contribution >= 0.6 is 0 Å². The van der Waals surface area contributed by atoms with Crippen LogP contribution in [-0.2, 0) is 0 Å². The maximum atomic E-state index is 9.37. The zero-order valence-corrected chi connectivity index (χ0v) is 11.6. The van der Waals surface area contributed by atoms with E-state index in [-0.39, 0.29) is 18.6 Å². The number of hydrogen-bond donors (Lipinski definition) is 2. The molecule has 2 atom stereocenters. The summed E-state index contributed by atoms with van der Waals surface area (Å²) in [6, 6.07) is 19.7. The number of aliphatic hydroxyl groups is 1. The van der Waals surface area contributed by atoms with Crippen LogP contribution in [0.15, 0.2) is 60.7 Å². The van der Waals surface area contributed by atoms with Crippen LogP contribution in [0.25, 0.3) is 0 Å². The van der Waals surface area contributed by atoms with Crippen LogP contribution < -0.4 is 5.32 Å². The zero-order valence-electron chi connectivity index (χ0n) is 11.6. The fourth-order valence-electron chi connectivity index (χ4n) is 1.82. The lowest BCUT2D eigenvalue weighted by molar-refractivity contribution is 0.233. The van der Waals surface area contributed by atoms with Gasteiger partial charge < -0.3 is 10.4 Å². The molecule has 0 amide bonds. The average molecular weight is 265 g/mol. The van der Waals surface area contributed by atoms with Crippen molar-refractivity contribution in [3.05, 3.63) is 66.2 Å². The van der Waals surface area contributed by atoms with Crippen molar-refractivity contribution in [3.8, 4) is 11.8 Å². The van der Waals surface area contributed by atoms with Crippen LogP contribution in [-0.4, -0.2) is 17.8 Å². The number of para-hydroxylation sites is 1. The summed E-state index contributed by atoms with van der Waals surface area (Å²) in [5, 5.41) is 12.7. The van der Waals surface area contributed by atoms with E-state index < -0.39 is 0 Å². The highest BCUT2D eigenvalue weighted by atomic mass is 16.3. The molecule has 2 aromatic carbocycles. The molecule has 1 unspecified atom stereocenters.